The minimum atomic E-state index is -0.162. The number of hydrogen-bond acceptors (Lipinski definition) is 5. The summed E-state index contributed by atoms with van der Waals surface area (Å²) in [7, 11) is 0. The third-order valence-electron chi connectivity index (χ3n) is 3.87. The fraction of sp³-hybridized carbons (Fsp3) is 0.529. The van der Waals surface area contributed by atoms with Gasteiger partial charge in [0.2, 0.25) is 0 Å². The predicted octanol–water partition coefficient (Wildman–Crippen LogP) is 3.56. The molecule has 2 aromatic rings. The van der Waals surface area contributed by atoms with Crippen molar-refractivity contribution in [2.75, 3.05) is 19.7 Å². The van der Waals surface area contributed by atoms with Gasteiger partial charge in [-0.05, 0) is 19.1 Å². The molecule has 1 aliphatic heterocycles. The second kappa shape index (κ2) is 6.09. The van der Waals surface area contributed by atoms with Crippen LogP contribution < -0.4 is 0 Å². The standard InChI is InChI=1S/C17H22N2O3S/c1-11-5-6-12(22-11)16(20)19-7-8-21-13(9-19)15-18-14(10-23-15)17(2,3)4/h5-6,10,13H,7-9H2,1-4H3/t13-/m1/s1. The molecule has 0 bridgehead atoms. The molecule has 23 heavy (non-hydrogen) atoms. The predicted molar refractivity (Wildman–Crippen MR) is 88.9 cm³/mol. The Morgan fingerprint density at radius 1 is 1.39 bits per heavy atom. The molecule has 5 nitrogen and oxygen atoms in total. The molecule has 1 saturated heterocycles. The molecule has 0 unspecified atom stereocenters. The first kappa shape index (κ1) is 16.2. The Balaban J connectivity index is 1.73. The quantitative estimate of drug-likeness (QED) is 0.843. The zero-order chi connectivity index (χ0) is 16.6. The van der Waals surface area contributed by atoms with Gasteiger partial charge in [0.15, 0.2) is 5.76 Å². The highest BCUT2D eigenvalue weighted by molar-refractivity contribution is 7.09. The van der Waals surface area contributed by atoms with E-state index < -0.39 is 0 Å². The summed E-state index contributed by atoms with van der Waals surface area (Å²) in [6.45, 7) is 9.86. The van der Waals surface area contributed by atoms with Crippen LogP contribution in [-0.2, 0) is 10.2 Å². The molecule has 0 spiro atoms. The van der Waals surface area contributed by atoms with E-state index in [1.54, 1.807) is 22.3 Å². The number of nitrogens with zero attached hydrogens (tertiary/aromatic N) is 2. The molecule has 0 N–H and O–H groups in total. The smallest absolute Gasteiger partial charge is 0.289 e. The lowest BCUT2D eigenvalue weighted by Gasteiger charge is -2.31. The highest BCUT2D eigenvalue weighted by Crippen LogP contribution is 2.30. The van der Waals surface area contributed by atoms with Gasteiger partial charge in [-0.15, -0.1) is 11.3 Å². The maximum Gasteiger partial charge on any atom is 0.289 e. The summed E-state index contributed by atoms with van der Waals surface area (Å²) in [5, 5.41) is 3.01. The number of carbonyl (C=O) groups excluding carboxylic acids is 1. The van der Waals surface area contributed by atoms with E-state index in [0.29, 0.717) is 25.5 Å². The van der Waals surface area contributed by atoms with Gasteiger partial charge in [0.05, 0.1) is 18.8 Å². The molecule has 1 aliphatic rings. The van der Waals surface area contributed by atoms with Crippen LogP contribution in [0.1, 0.15) is 53.9 Å². The Morgan fingerprint density at radius 2 is 2.17 bits per heavy atom. The number of furan rings is 1. The normalized spacial score (nSPS) is 19.1. The highest BCUT2D eigenvalue weighted by Gasteiger charge is 2.30. The van der Waals surface area contributed by atoms with Gasteiger partial charge >= 0.3 is 0 Å². The van der Waals surface area contributed by atoms with Gasteiger partial charge in [-0.25, -0.2) is 4.98 Å². The van der Waals surface area contributed by atoms with Gasteiger partial charge in [0.25, 0.3) is 5.91 Å². The van der Waals surface area contributed by atoms with Crippen LogP contribution >= 0.6 is 11.3 Å². The van der Waals surface area contributed by atoms with E-state index in [1.165, 1.54) is 0 Å². The van der Waals surface area contributed by atoms with Crippen molar-refractivity contribution in [1.82, 2.24) is 9.88 Å². The van der Waals surface area contributed by atoms with Crippen LogP contribution in [-0.4, -0.2) is 35.5 Å². The SMILES string of the molecule is Cc1ccc(C(=O)N2CCO[C@@H](c3nc(C(C)(C)C)cs3)C2)o1. The zero-order valence-corrected chi connectivity index (χ0v) is 14.8. The number of aromatic nitrogens is 1. The van der Waals surface area contributed by atoms with E-state index >= 15 is 0 Å². The fourth-order valence-electron chi connectivity index (χ4n) is 2.47. The number of morpholine rings is 1. The Labute approximate surface area is 140 Å². The molecule has 1 fully saturated rings. The summed E-state index contributed by atoms with van der Waals surface area (Å²) in [6.07, 6.45) is -0.162. The van der Waals surface area contributed by atoms with E-state index in [2.05, 4.69) is 26.2 Å². The molecular formula is C17H22N2O3S. The van der Waals surface area contributed by atoms with Crippen molar-refractivity contribution in [3.8, 4) is 0 Å². The molecule has 0 aromatic carbocycles. The largest absolute Gasteiger partial charge is 0.456 e. The van der Waals surface area contributed by atoms with Crippen molar-refractivity contribution in [1.29, 1.82) is 0 Å². The third kappa shape index (κ3) is 3.48. The van der Waals surface area contributed by atoms with Crippen LogP contribution in [0, 0.1) is 6.92 Å². The third-order valence-corrected chi connectivity index (χ3v) is 4.81. The second-order valence-electron chi connectivity index (χ2n) is 6.84. The van der Waals surface area contributed by atoms with Crippen LogP contribution in [0.2, 0.25) is 0 Å². The minimum Gasteiger partial charge on any atom is -0.456 e. The van der Waals surface area contributed by atoms with Crippen LogP contribution in [0.25, 0.3) is 0 Å². The van der Waals surface area contributed by atoms with Crippen LogP contribution in [0.5, 0.6) is 0 Å². The summed E-state index contributed by atoms with van der Waals surface area (Å²) in [6, 6.07) is 3.53. The van der Waals surface area contributed by atoms with Gasteiger partial charge in [-0.1, -0.05) is 20.8 Å². The Hall–Kier alpha value is -1.66. The van der Waals surface area contributed by atoms with Crippen LogP contribution in [0.15, 0.2) is 21.9 Å². The minimum absolute atomic E-state index is 0.0185. The summed E-state index contributed by atoms with van der Waals surface area (Å²) in [4.78, 5) is 19.0. The summed E-state index contributed by atoms with van der Waals surface area (Å²) < 4.78 is 11.3. The van der Waals surface area contributed by atoms with Gasteiger partial charge in [0, 0.05) is 17.3 Å². The number of rotatable bonds is 2. The number of ether oxygens (including phenoxy) is 1. The van der Waals surface area contributed by atoms with Crippen molar-refractivity contribution in [3.05, 3.63) is 39.7 Å². The van der Waals surface area contributed by atoms with E-state index in [9.17, 15) is 4.79 Å². The van der Waals surface area contributed by atoms with Gasteiger partial charge in [-0.2, -0.15) is 0 Å². The van der Waals surface area contributed by atoms with Crippen molar-refractivity contribution in [3.63, 3.8) is 0 Å². The Kier molecular flexibility index (Phi) is 4.29. The molecule has 0 aliphatic carbocycles. The Bertz CT molecular complexity index is 699. The molecule has 1 atom stereocenters. The molecule has 3 heterocycles. The first-order chi connectivity index (χ1) is 10.8. The molecule has 1 amide bonds. The lowest BCUT2D eigenvalue weighted by molar-refractivity contribution is -0.0239. The lowest BCUT2D eigenvalue weighted by atomic mass is 9.93. The zero-order valence-electron chi connectivity index (χ0n) is 14.0. The molecule has 3 rings (SSSR count). The van der Waals surface area contributed by atoms with E-state index in [4.69, 9.17) is 14.1 Å². The lowest BCUT2D eigenvalue weighted by Crippen LogP contribution is -2.42. The van der Waals surface area contributed by atoms with Gasteiger partial charge in [-0.3, -0.25) is 4.79 Å². The highest BCUT2D eigenvalue weighted by atomic mass is 32.1. The van der Waals surface area contributed by atoms with Gasteiger partial charge < -0.3 is 14.1 Å². The fourth-order valence-corrected chi connectivity index (χ4v) is 3.55. The first-order valence-corrected chi connectivity index (χ1v) is 8.66. The molecule has 0 radical (unpaired) electrons. The number of aryl methyl sites for hydroxylation is 1. The van der Waals surface area contributed by atoms with Crippen LogP contribution in [0.4, 0.5) is 0 Å². The molecule has 124 valence electrons. The number of carbonyl (C=O) groups is 1. The van der Waals surface area contributed by atoms with Crippen molar-refractivity contribution in [2.45, 2.75) is 39.2 Å². The average Bonchev–Trinajstić information content (AvgIpc) is 3.15. The summed E-state index contributed by atoms with van der Waals surface area (Å²) in [5.41, 5.74) is 1.08. The maximum absolute atomic E-state index is 12.5. The van der Waals surface area contributed by atoms with Crippen molar-refractivity contribution < 1.29 is 13.9 Å². The van der Waals surface area contributed by atoms with Gasteiger partial charge in [0.1, 0.15) is 16.9 Å². The molecule has 0 saturated carbocycles. The number of thiazole rings is 1. The van der Waals surface area contributed by atoms with E-state index in [1.807, 2.05) is 13.0 Å². The number of hydrogen-bond donors (Lipinski definition) is 0. The van der Waals surface area contributed by atoms with Crippen LogP contribution in [0.3, 0.4) is 0 Å². The first-order valence-electron chi connectivity index (χ1n) is 7.78. The topological polar surface area (TPSA) is 55.6 Å². The summed E-state index contributed by atoms with van der Waals surface area (Å²) >= 11 is 1.60. The summed E-state index contributed by atoms with van der Waals surface area (Å²) in [5.74, 6) is 1.05. The average molecular weight is 334 g/mol. The monoisotopic (exact) mass is 334 g/mol. The molecule has 2 aromatic heterocycles. The van der Waals surface area contributed by atoms with E-state index in [0.717, 1.165) is 16.5 Å². The van der Waals surface area contributed by atoms with Crippen molar-refractivity contribution in [2.24, 2.45) is 0 Å². The van der Waals surface area contributed by atoms with Crippen molar-refractivity contribution >= 4 is 17.2 Å². The molecular weight excluding hydrogens is 312 g/mol. The maximum atomic E-state index is 12.5. The number of amides is 1. The Morgan fingerprint density at radius 3 is 2.78 bits per heavy atom. The molecule has 6 heteroatoms. The van der Waals surface area contributed by atoms with E-state index in [-0.39, 0.29) is 17.4 Å². The second-order valence-corrected chi connectivity index (χ2v) is 7.73.